The van der Waals surface area contributed by atoms with Gasteiger partial charge < -0.3 is 0 Å². The number of nitro groups is 1. The molecule has 0 aromatic carbocycles. The number of aromatic nitrogens is 1. The molecular weight excluding hydrogens is 332 g/mol. The summed E-state index contributed by atoms with van der Waals surface area (Å²) in [5.74, 6) is 0. The summed E-state index contributed by atoms with van der Waals surface area (Å²) >= 11 is 7.12. The van der Waals surface area contributed by atoms with Crippen LogP contribution in [-0.2, 0) is 0 Å². The maximum Gasteiger partial charge on any atom is 0.301 e. The highest BCUT2D eigenvalue weighted by atomic mass is 127. The van der Waals surface area contributed by atoms with Crippen LogP contribution in [0, 0.1) is 13.8 Å². The molecule has 8 heteroatoms. The van der Waals surface area contributed by atoms with E-state index < -0.39 is 22.6 Å². The molecule has 0 unspecified atom stereocenters. The Morgan fingerprint density at radius 1 is 1.64 bits per heavy atom. The first-order valence-corrected chi connectivity index (χ1v) is 4.67. The molecule has 1 heterocycles. The van der Waals surface area contributed by atoms with Crippen molar-refractivity contribution in [2.45, 2.75) is 6.43 Å². The Bertz CT molecular complexity index is 388. The molecule has 0 atom stereocenters. The second-order valence-corrected chi connectivity index (χ2v) is 3.62. The molecule has 1 aromatic heterocycles. The van der Waals surface area contributed by atoms with Crippen molar-refractivity contribution in [1.29, 1.82) is 0 Å². The van der Waals surface area contributed by atoms with Gasteiger partial charge in [-0.25, -0.2) is 13.8 Å². The Labute approximate surface area is 95.6 Å². The van der Waals surface area contributed by atoms with Crippen LogP contribution in [0.3, 0.4) is 0 Å². The SMILES string of the molecule is O=[N+]([O-])c1c(C(F)F)cnc(I)c1Cl. The lowest BCUT2D eigenvalue weighted by Gasteiger charge is -2.03. The summed E-state index contributed by atoms with van der Waals surface area (Å²) in [6, 6.07) is 0. The fraction of sp³-hybridized carbons (Fsp3) is 0.167. The van der Waals surface area contributed by atoms with Gasteiger partial charge in [-0.15, -0.1) is 0 Å². The second-order valence-electron chi connectivity index (χ2n) is 2.22. The van der Waals surface area contributed by atoms with Crippen molar-refractivity contribution in [3.05, 3.63) is 30.6 Å². The Morgan fingerprint density at radius 2 is 2.21 bits per heavy atom. The molecule has 0 radical (unpaired) electrons. The predicted molar refractivity (Wildman–Crippen MR) is 53.6 cm³/mol. The molecule has 4 nitrogen and oxygen atoms in total. The van der Waals surface area contributed by atoms with E-state index in [1.54, 1.807) is 22.6 Å². The molecule has 0 aliphatic rings. The van der Waals surface area contributed by atoms with E-state index in [-0.39, 0.29) is 8.72 Å². The van der Waals surface area contributed by atoms with E-state index in [1.807, 2.05) is 0 Å². The minimum absolute atomic E-state index is 0.125. The lowest BCUT2D eigenvalue weighted by atomic mass is 10.2. The van der Waals surface area contributed by atoms with Gasteiger partial charge in [0.25, 0.3) is 6.43 Å². The summed E-state index contributed by atoms with van der Waals surface area (Å²) in [6.45, 7) is 0. The first kappa shape index (κ1) is 11.5. The van der Waals surface area contributed by atoms with Gasteiger partial charge in [-0.05, 0) is 22.6 Å². The summed E-state index contributed by atoms with van der Waals surface area (Å²) < 4.78 is 24.7. The Morgan fingerprint density at radius 3 is 2.64 bits per heavy atom. The van der Waals surface area contributed by atoms with Crippen LogP contribution in [0.25, 0.3) is 0 Å². The number of rotatable bonds is 2. The lowest BCUT2D eigenvalue weighted by molar-refractivity contribution is -0.386. The van der Waals surface area contributed by atoms with Gasteiger partial charge >= 0.3 is 5.69 Å². The zero-order chi connectivity index (χ0) is 10.9. The molecule has 14 heavy (non-hydrogen) atoms. The van der Waals surface area contributed by atoms with E-state index in [0.29, 0.717) is 0 Å². The van der Waals surface area contributed by atoms with Crippen molar-refractivity contribution in [3.63, 3.8) is 0 Å². The van der Waals surface area contributed by atoms with Crippen LogP contribution in [0.15, 0.2) is 6.20 Å². The second kappa shape index (κ2) is 4.30. The maximum atomic E-state index is 12.3. The van der Waals surface area contributed by atoms with Gasteiger partial charge in [-0.3, -0.25) is 10.1 Å². The van der Waals surface area contributed by atoms with E-state index in [9.17, 15) is 18.9 Å². The molecule has 0 spiro atoms. The van der Waals surface area contributed by atoms with Gasteiger partial charge in [0.05, 0.1) is 4.92 Å². The van der Waals surface area contributed by atoms with Crippen molar-refractivity contribution in [2.75, 3.05) is 0 Å². The van der Waals surface area contributed by atoms with Gasteiger partial charge in [0, 0.05) is 6.20 Å². The molecule has 1 aromatic rings. The number of halogens is 4. The summed E-state index contributed by atoms with van der Waals surface area (Å²) in [7, 11) is 0. The predicted octanol–water partition coefficient (Wildman–Crippen LogP) is 3.19. The van der Waals surface area contributed by atoms with Crippen LogP contribution < -0.4 is 0 Å². The maximum absolute atomic E-state index is 12.3. The van der Waals surface area contributed by atoms with Gasteiger partial charge in [0.1, 0.15) is 9.26 Å². The molecular formula is C6H2ClF2IN2O2. The highest BCUT2D eigenvalue weighted by Gasteiger charge is 2.27. The largest absolute Gasteiger partial charge is 0.301 e. The Kier molecular flexibility index (Phi) is 3.53. The molecule has 1 rings (SSSR count). The minimum Gasteiger partial charge on any atom is -0.258 e. The summed E-state index contributed by atoms with van der Waals surface area (Å²) in [5.41, 5.74) is -1.54. The number of hydrogen-bond acceptors (Lipinski definition) is 3. The van der Waals surface area contributed by atoms with Crippen LogP contribution in [0.1, 0.15) is 12.0 Å². The normalized spacial score (nSPS) is 10.6. The smallest absolute Gasteiger partial charge is 0.258 e. The van der Waals surface area contributed by atoms with Crippen LogP contribution >= 0.6 is 34.2 Å². The van der Waals surface area contributed by atoms with Crippen molar-refractivity contribution in [3.8, 4) is 0 Å². The van der Waals surface area contributed by atoms with Gasteiger partial charge in [0.15, 0.2) is 5.02 Å². The van der Waals surface area contributed by atoms with Crippen molar-refractivity contribution in [1.82, 2.24) is 4.98 Å². The molecule has 0 N–H and O–H groups in total. The van der Waals surface area contributed by atoms with Crippen LogP contribution in [0.5, 0.6) is 0 Å². The highest BCUT2D eigenvalue weighted by Crippen LogP contribution is 2.36. The summed E-state index contributed by atoms with van der Waals surface area (Å²) in [5, 5.41) is 10.1. The van der Waals surface area contributed by atoms with Crippen LogP contribution in [0.2, 0.25) is 5.02 Å². The van der Waals surface area contributed by atoms with Crippen molar-refractivity contribution in [2.24, 2.45) is 0 Å². The minimum atomic E-state index is -2.96. The molecule has 0 aliphatic carbocycles. The summed E-state index contributed by atoms with van der Waals surface area (Å²) in [4.78, 5) is 13.0. The number of hydrogen-bond donors (Lipinski definition) is 0. The van der Waals surface area contributed by atoms with E-state index in [2.05, 4.69) is 4.98 Å². The van der Waals surface area contributed by atoms with Crippen LogP contribution in [0.4, 0.5) is 14.5 Å². The van der Waals surface area contributed by atoms with Gasteiger partial charge in [-0.1, -0.05) is 11.6 Å². The zero-order valence-corrected chi connectivity index (χ0v) is 9.29. The third-order valence-corrected chi connectivity index (χ3v) is 2.89. The first-order chi connectivity index (χ1) is 6.45. The third-order valence-electron chi connectivity index (χ3n) is 1.40. The van der Waals surface area contributed by atoms with Crippen LogP contribution in [-0.4, -0.2) is 9.91 Å². The zero-order valence-electron chi connectivity index (χ0n) is 6.38. The quantitative estimate of drug-likeness (QED) is 0.361. The number of alkyl halides is 2. The fourth-order valence-corrected chi connectivity index (χ4v) is 1.44. The van der Waals surface area contributed by atoms with Gasteiger partial charge in [0.2, 0.25) is 0 Å². The summed E-state index contributed by atoms with van der Waals surface area (Å²) in [6.07, 6.45) is -2.20. The highest BCUT2D eigenvalue weighted by molar-refractivity contribution is 14.1. The number of nitrogens with zero attached hydrogens (tertiary/aromatic N) is 2. The topological polar surface area (TPSA) is 56.0 Å². The third kappa shape index (κ3) is 2.08. The average Bonchev–Trinajstić information content (AvgIpc) is 2.08. The van der Waals surface area contributed by atoms with Gasteiger partial charge in [-0.2, -0.15) is 0 Å². The molecule has 76 valence electrons. The average molecular weight is 334 g/mol. The standard InChI is InChI=1S/C6H2ClF2IN2O2/c7-3-4(12(13)14)2(5(8)9)1-11-6(3)10/h1,5H. The molecule has 0 aliphatic heterocycles. The number of pyridine rings is 1. The van der Waals surface area contributed by atoms with Crippen molar-refractivity contribution < 1.29 is 13.7 Å². The molecule has 0 bridgehead atoms. The van der Waals surface area contributed by atoms with E-state index in [0.717, 1.165) is 6.20 Å². The molecule has 0 fully saturated rings. The van der Waals surface area contributed by atoms with E-state index in [4.69, 9.17) is 11.6 Å². The Balaban J connectivity index is 3.45. The van der Waals surface area contributed by atoms with E-state index in [1.165, 1.54) is 0 Å². The first-order valence-electron chi connectivity index (χ1n) is 3.21. The lowest BCUT2D eigenvalue weighted by Crippen LogP contribution is -2.00. The Hall–Kier alpha value is -0.570. The molecule has 0 saturated heterocycles. The van der Waals surface area contributed by atoms with E-state index >= 15 is 0 Å². The fourth-order valence-electron chi connectivity index (χ4n) is 0.814. The molecule has 0 amide bonds. The van der Waals surface area contributed by atoms with Crippen molar-refractivity contribution >= 4 is 39.9 Å². The monoisotopic (exact) mass is 334 g/mol. The molecule has 0 saturated carbocycles.